The van der Waals surface area contributed by atoms with Crippen molar-refractivity contribution in [2.24, 2.45) is 5.92 Å². The van der Waals surface area contributed by atoms with E-state index in [4.69, 9.17) is 9.47 Å². The lowest BCUT2D eigenvalue weighted by molar-refractivity contribution is -0.00304. The van der Waals surface area contributed by atoms with Crippen molar-refractivity contribution in [2.45, 2.75) is 39.0 Å². The first kappa shape index (κ1) is 12.3. The van der Waals surface area contributed by atoms with Crippen LogP contribution in [-0.4, -0.2) is 32.7 Å². The summed E-state index contributed by atoms with van der Waals surface area (Å²) in [4.78, 5) is 12.7. The molecule has 1 fully saturated rings. The molecule has 6 heteroatoms. The summed E-state index contributed by atoms with van der Waals surface area (Å²) < 4.78 is 13.2. The van der Waals surface area contributed by atoms with Gasteiger partial charge in [-0.3, -0.25) is 4.57 Å². The summed E-state index contributed by atoms with van der Waals surface area (Å²) in [5, 5.41) is 0. The van der Waals surface area contributed by atoms with E-state index >= 15 is 0 Å². The molecule has 0 spiro atoms. The van der Waals surface area contributed by atoms with Crippen molar-refractivity contribution < 1.29 is 9.47 Å². The molecule has 3 atom stereocenters. The third-order valence-corrected chi connectivity index (χ3v) is 3.77. The van der Waals surface area contributed by atoms with Crippen molar-refractivity contribution in [3.8, 4) is 5.88 Å². The second kappa shape index (κ2) is 4.77. The molecule has 0 aliphatic carbocycles. The Labute approximate surface area is 111 Å². The molecule has 2 aromatic rings. The smallest absolute Gasteiger partial charge is 0.245 e. The van der Waals surface area contributed by atoms with Crippen LogP contribution in [0.2, 0.25) is 0 Å². The maximum atomic E-state index is 6.07. The predicted molar refractivity (Wildman–Crippen MR) is 69.9 cm³/mol. The largest absolute Gasteiger partial charge is 0.479 e. The summed E-state index contributed by atoms with van der Waals surface area (Å²) in [6.45, 7) is 4.38. The Balaban J connectivity index is 1.98. The fraction of sp³-hybridized carbons (Fsp3) is 0.615. The van der Waals surface area contributed by atoms with E-state index in [0.29, 0.717) is 23.4 Å². The molecule has 2 aromatic heterocycles. The van der Waals surface area contributed by atoms with Gasteiger partial charge >= 0.3 is 0 Å². The molecule has 6 nitrogen and oxygen atoms in total. The van der Waals surface area contributed by atoms with E-state index in [9.17, 15) is 0 Å². The highest BCUT2D eigenvalue weighted by Crippen LogP contribution is 2.36. The van der Waals surface area contributed by atoms with Gasteiger partial charge in [-0.2, -0.15) is 4.98 Å². The fourth-order valence-electron chi connectivity index (χ4n) is 2.73. The molecule has 0 unspecified atom stereocenters. The third kappa shape index (κ3) is 1.96. The van der Waals surface area contributed by atoms with E-state index in [1.807, 2.05) is 4.57 Å². The Morgan fingerprint density at radius 2 is 2.26 bits per heavy atom. The summed E-state index contributed by atoms with van der Waals surface area (Å²) in [7, 11) is 1.59. The number of hydrogen-bond acceptors (Lipinski definition) is 5. The van der Waals surface area contributed by atoms with Gasteiger partial charge in [0.25, 0.3) is 0 Å². The number of nitrogens with zero attached hydrogens (tertiary/aromatic N) is 4. The van der Waals surface area contributed by atoms with Gasteiger partial charge in [0.2, 0.25) is 5.88 Å². The third-order valence-electron chi connectivity index (χ3n) is 3.77. The number of hydrogen-bond donors (Lipinski definition) is 0. The molecule has 3 heterocycles. The number of fused-ring (bicyclic) bond motifs is 1. The molecule has 1 aliphatic rings. The Morgan fingerprint density at radius 3 is 2.95 bits per heavy atom. The van der Waals surface area contributed by atoms with Crippen molar-refractivity contribution in [3.63, 3.8) is 0 Å². The van der Waals surface area contributed by atoms with Gasteiger partial charge in [0.15, 0.2) is 11.2 Å². The second-order valence-electron chi connectivity index (χ2n) is 4.96. The number of methoxy groups -OCH3 is 1. The SMILES string of the molecule is CC[C@H]1O[C@@H](n2cnc3c(OC)ncnc32)C[C@H]1C. The quantitative estimate of drug-likeness (QED) is 0.848. The fourth-order valence-corrected chi connectivity index (χ4v) is 2.73. The van der Waals surface area contributed by atoms with Crippen molar-refractivity contribution >= 4 is 11.2 Å². The van der Waals surface area contributed by atoms with E-state index in [1.54, 1.807) is 13.4 Å². The standard InChI is InChI=1S/C13H18N4O2/c1-4-9-8(2)5-10(19-9)17-7-16-11-12(17)14-6-15-13(11)18-3/h6-10H,4-5H2,1-3H3/t8-,9-,10-/m1/s1. The molecule has 0 saturated carbocycles. The molecule has 0 bridgehead atoms. The molecule has 0 radical (unpaired) electrons. The summed E-state index contributed by atoms with van der Waals surface area (Å²) in [6.07, 6.45) is 5.58. The summed E-state index contributed by atoms with van der Waals surface area (Å²) in [6, 6.07) is 0. The van der Waals surface area contributed by atoms with Crippen LogP contribution >= 0.6 is 0 Å². The Kier molecular flexibility index (Phi) is 3.10. The van der Waals surface area contributed by atoms with Crippen LogP contribution in [0, 0.1) is 5.92 Å². The monoisotopic (exact) mass is 262 g/mol. The molecule has 0 N–H and O–H groups in total. The van der Waals surface area contributed by atoms with Crippen LogP contribution in [0.1, 0.15) is 32.9 Å². The molecule has 1 aliphatic heterocycles. The number of ether oxygens (including phenoxy) is 2. The van der Waals surface area contributed by atoms with Crippen molar-refractivity contribution in [3.05, 3.63) is 12.7 Å². The van der Waals surface area contributed by atoms with Gasteiger partial charge < -0.3 is 9.47 Å². The van der Waals surface area contributed by atoms with E-state index < -0.39 is 0 Å². The van der Waals surface area contributed by atoms with E-state index in [2.05, 4.69) is 28.8 Å². The lowest BCUT2D eigenvalue weighted by Crippen LogP contribution is -2.12. The first-order chi connectivity index (χ1) is 9.24. The lowest BCUT2D eigenvalue weighted by atomic mass is 10.0. The Morgan fingerprint density at radius 1 is 1.42 bits per heavy atom. The van der Waals surface area contributed by atoms with Crippen LogP contribution in [0.3, 0.4) is 0 Å². The average molecular weight is 262 g/mol. The minimum atomic E-state index is 0.00422. The van der Waals surface area contributed by atoms with Crippen LogP contribution in [0.25, 0.3) is 11.2 Å². The summed E-state index contributed by atoms with van der Waals surface area (Å²) in [5.41, 5.74) is 1.45. The Bertz CT molecular complexity index is 583. The normalized spacial score (nSPS) is 27.0. The molecular formula is C13H18N4O2. The maximum Gasteiger partial charge on any atom is 0.245 e. The second-order valence-corrected chi connectivity index (χ2v) is 4.96. The van der Waals surface area contributed by atoms with Gasteiger partial charge in [-0.15, -0.1) is 0 Å². The van der Waals surface area contributed by atoms with Crippen LogP contribution in [-0.2, 0) is 4.74 Å². The highest BCUT2D eigenvalue weighted by molar-refractivity contribution is 5.75. The molecule has 102 valence electrons. The zero-order valence-electron chi connectivity index (χ0n) is 11.4. The van der Waals surface area contributed by atoms with Gasteiger partial charge in [-0.1, -0.05) is 13.8 Å². The van der Waals surface area contributed by atoms with E-state index in [-0.39, 0.29) is 6.23 Å². The first-order valence-corrected chi connectivity index (χ1v) is 6.61. The minimum Gasteiger partial charge on any atom is -0.479 e. The number of aromatic nitrogens is 4. The molecule has 3 rings (SSSR count). The molecule has 1 saturated heterocycles. The van der Waals surface area contributed by atoms with Crippen LogP contribution in [0.5, 0.6) is 5.88 Å². The summed E-state index contributed by atoms with van der Waals surface area (Å²) in [5.74, 6) is 1.05. The first-order valence-electron chi connectivity index (χ1n) is 6.61. The van der Waals surface area contributed by atoms with Gasteiger partial charge in [0, 0.05) is 0 Å². The maximum absolute atomic E-state index is 6.07. The molecule has 0 amide bonds. The Hall–Kier alpha value is -1.69. The van der Waals surface area contributed by atoms with Gasteiger partial charge in [-0.05, 0) is 18.8 Å². The average Bonchev–Trinajstić information content (AvgIpc) is 3.01. The molecular weight excluding hydrogens is 244 g/mol. The zero-order chi connectivity index (χ0) is 13.4. The van der Waals surface area contributed by atoms with Crippen molar-refractivity contribution in [2.75, 3.05) is 7.11 Å². The van der Waals surface area contributed by atoms with Crippen molar-refractivity contribution in [1.29, 1.82) is 0 Å². The molecule has 19 heavy (non-hydrogen) atoms. The van der Waals surface area contributed by atoms with Gasteiger partial charge in [-0.25, -0.2) is 9.97 Å². The lowest BCUT2D eigenvalue weighted by Gasteiger charge is -2.14. The topological polar surface area (TPSA) is 62.1 Å². The van der Waals surface area contributed by atoms with Crippen LogP contribution in [0.4, 0.5) is 0 Å². The molecule has 0 aromatic carbocycles. The number of imidazole rings is 1. The zero-order valence-corrected chi connectivity index (χ0v) is 11.4. The summed E-state index contributed by atoms with van der Waals surface area (Å²) >= 11 is 0. The van der Waals surface area contributed by atoms with Gasteiger partial charge in [0.05, 0.1) is 19.5 Å². The van der Waals surface area contributed by atoms with Gasteiger partial charge in [0.1, 0.15) is 12.6 Å². The van der Waals surface area contributed by atoms with Crippen molar-refractivity contribution in [1.82, 2.24) is 19.5 Å². The van der Waals surface area contributed by atoms with E-state index in [0.717, 1.165) is 18.5 Å². The highest BCUT2D eigenvalue weighted by atomic mass is 16.5. The minimum absolute atomic E-state index is 0.00422. The van der Waals surface area contributed by atoms with Crippen LogP contribution < -0.4 is 4.74 Å². The predicted octanol–water partition coefficient (Wildman–Crippen LogP) is 2.17. The number of rotatable bonds is 3. The van der Waals surface area contributed by atoms with E-state index in [1.165, 1.54) is 6.33 Å². The highest BCUT2D eigenvalue weighted by Gasteiger charge is 2.33. The van der Waals surface area contributed by atoms with Crippen LogP contribution in [0.15, 0.2) is 12.7 Å².